The minimum Gasteiger partial charge on any atom is -0.411 e. The van der Waals surface area contributed by atoms with Gasteiger partial charge in [-0.3, -0.25) is 4.55 Å². The fourth-order valence-corrected chi connectivity index (χ4v) is 4.15. The zero-order valence-corrected chi connectivity index (χ0v) is 9.81. The lowest BCUT2D eigenvalue weighted by atomic mass is 9.97. The van der Waals surface area contributed by atoms with Gasteiger partial charge in [0.2, 0.25) is 0 Å². The van der Waals surface area contributed by atoms with Gasteiger partial charge in [0.15, 0.2) is 0 Å². The third-order valence-electron chi connectivity index (χ3n) is 2.47. The van der Waals surface area contributed by atoms with Gasteiger partial charge in [-0.2, -0.15) is 8.42 Å². The monoisotopic (exact) mass is 262 g/mol. The first-order chi connectivity index (χ1) is 7.45. The van der Waals surface area contributed by atoms with E-state index in [0.717, 1.165) is 11.3 Å². The van der Waals surface area contributed by atoms with Gasteiger partial charge in [0.05, 0.1) is 10.6 Å². The molecule has 6 nitrogen and oxygen atoms in total. The van der Waals surface area contributed by atoms with Crippen LogP contribution in [0.2, 0.25) is 0 Å². The lowest BCUT2D eigenvalue weighted by molar-refractivity contribution is 0.317. The smallest absolute Gasteiger partial charge is 0.297 e. The van der Waals surface area contributed by atoms with Crippen molar-refractivity contribution in [1.29, 1.82) is 0 Å². The molecule has 1 heterocycles. The lowest BCUT2D eigenvalue weighted by Crippen LogP contribution is -2.12. The van der Waals surface area contributed by atoms with Crippen LogP contribution < -0.4 is 5.73 Å². The predicted molar refractivity (Wildman–Crippen MR) is 59.8 cm³/mol. The number of hydrogen-bond donors (Lipinski definition) is 3. The summed E-state index contributed by atoms with van der Waals surface area (Å²) in [4.78, 5) is 0.326. The number of thiophene rings is 1. The molecular weight excluding hydrogens is 252 g/mol. The second kappa shape index (κ2) is 3.72. The molecule has 1 aromatic heterocycles. The van der Waals surface area contributed by atoms with Crippen molar-refractivity contribution in [3.05, 3.63) is 10.4 Å². The lowest BCUT2D eigenvalue weighted by Gasteiger charge is -2.12. The van der Waals surface area contributed by atoms with Crippen LogP contribution in [0, 0.1) is 0 Å². The number of nitrogens with two attached hydrogens (primary N) is 1. The molecule has 16 heavy (non-hydrogen) atoms. The molecular formula is C8H10N2O4S2. The predicted octanol–water partition coefficient (Wildman–Crippen LogP) is 1.09. The summed E-state index contributed by atoms with van der Waals surface area (Å²) in [6, 6.07) is 0. The van der Waals surface area contributed by atoms with Crippen molar-refractivity contribution in [3.8, 4) is 0 Å². The maximum atomic E-state index is 11.2. The average Bonchev–Trinajstić information content (AvgIpc) is 2.52. The van der Waals surface area contributed by atoms with Crippen LogP contribution in [0.25, 0.3) is 0 Å². The molecule has 0 aliphatic heterocycles. The Balaban J connectivity index is 2.72. The van der Waals surface area contributed by atoms with Crippen LogP contribution in [0.4, 0.5) is 5.00 Å². The molecule has 0 saturated carbocycles. The fraction of sp³-hybridized carbons (Fsp3) is 0.375. The van der Waals surface area contributed by atoms with Gasteiger partial charge in [-0.1, -0.05) is 5.16 Å². The second-order valence-corrected chi connectivity index (χ2v) is 5.89. The molecule has 1 aliphatic carbocycles. The summed E-state index contributed by atoms with van der Waals surface area (Å²) in [5.41, 5.74) is 6.45. The highest BCUT2D eigenvalue weighted by atomic mass is 32.2. The Labute approximate surface area is 96.1 Å². The van der Waals surface area contributed by atoms with Gasteiger partial charge in [0.1, 0.15) is 9.90 Å². The molecule has 1 aliphatic rings. The van der Waals surface area contributed by atoms with Gasteiger partial charge in [0.25, 0.3) is 10.1 Å². The van der Waals surface area contributed by atoms with E-state index in [1.54, 1.807) is 0 Å². The average molecular weight is 262 g/mol. The fourth-order valence-electron chi connectivity index (χ4n) is 1.85. The van der Waals surface area contributed by atoms with Crippen LogP contribution in [0.15, 0.2) is 10.1 Å². The van der Waals surface area contributed by atoms with E-state index in [-0.39, 0.29) is 9.90 Å². The van der Waals surface area contributed by atoms with Crippen molar-refractivity contribution in [2.75, 3.05) is 5.73 Å². The summed E-state index contributed by atoms with van der Waals surface area (Å²) in [6.07, 6.45) is 1.76. The molecule has 0 atom stereocenters. The summed E-state index contributed by atoms with van der Waals surface area (Å²) in [6.45, 7) is 0. The van der Waals surface area contributed by atoms with E-state index < -0.39 is 10.1 Å². The summed E-state index contributed by atoms with van der Waals surface area (Å²) in [5, 5.41) is 11.9. The summed E-state index contributed by atoms with van der Waals surface area (Å²) >= 11 is 1.02. The molecule has 0 bridgehead atoms. The number of rotatable bonds is 1. The Kier molecular flexibility index (Phi) is 2.64. The zero-order valence-electron chi connectivity index (χ0n) is 8.17. The summed E-state index contributed by atoms with van der Waals surface area (Å²) in [7, 11) is -4.31. The molecule has 0 unspecified atom stereocenters. The summed E-state index contributed by atoms with van der Waals surface area (Å²) < 4.78 is 31.4. The van der Waals surface area contributed by atoms with E-state index in [9.17, 15) is 8.42 Å². The standard InChI is InChI=1S/C8H10N2O4S2/c9-8-7(16(12,13)14)4-2-1-3-5(10-11)6(4)15-8/h11H,1-3,9H2,(H,12,13,14)/b10-5-. The van der Waals surface area contributed by atoms with Crippen LogP contribution >= 0.6 is 11.3 Å². The third kappa shape index (κ3) is 1.68. The Bertz CT molecular complexity index is 559. The minimum absolute atomic E-state index is 0.0375. The highest BCUT2D eigenvalue weighted by Crippen LogP contribution is 2.39. The van der Waals surface area contributed by atoms with Crippen LogP contribution in [0.1, 0.15) is 23.3 Å². The number of hydrogen-bond acceptors (Lipinski definition) is 6. The molecule has 8 heteroatoms. The van der Waals surface area contributed by atoms with E-state index in [1.807, 2.05) is 0 Å². The number of fused-ring (bicyclic) bond motifs is 1. The Hall–Kier alpha value is -1.12. The van der Waals surface area contributed by atoms with Crippen LogP contribution in [-0.4, -0.2) is 23.9 Å². The molecule has 0 fully saturated rings. The topological polar surface area (TPSA) is 113 Å². The van der Waals surface area contributed by atoms with Gasteiger partial charge in [-0.25, -0.2) is 0 Å². The van der Waals surface area contributed by atoms with Crippen molar-refractivity contribution in [1.82, 2.24) is 0 Å². The Morgan fingerprint density at radius 2 is 2.06 bits per heavy atom. The largest absolute Gasteiger partial charge is 0.411 e. The quantitative estimate of drug-likeness (QED) is 0.398. The highest BCUT2D eigenvalue weighted by molar-refractivity contribution is 7.86. The van der Waals surface area contributed by atoms with Crippen molar-refractivity contribution in [2.45, 2.75) is 24.2 Å². The maximum Gasteiger partial charge on any atom is 0.297 e. The van der Waals surface area contributed by atoms with E-state index in [4.69, 9.17) is 15.5 Å². The summed E-state index contributed by atoms with van der Waals surface area (Å²) in [5.74, 6) is 0. The van der Waals surface area contributed by atoms with Crippen LogP contribution in [0.3, 0.4) is 0 Å². The molecule has 2 rings (SSSR count). The Morgan fingerprint density at radius 3 is 2.62 bits per heavy atom. The van der Waals surface area contributed by atoms with E-state index >= 15 is 0 Å². The van der Waals surface area contributed by atoms with Crippen LogP contribution in [0.5, 0.6) is 0 Å². The second-order valence-electron chi connectivity index (χ2n) is 3.48. The molecule has 0 aromatic carbocycles. The van der Waals surface area contributed by atoms with Gasteiger partial charge < -0.3 is 10.9 Å². The number of oxime groups is 1. The first-order valence-electron chi connectivity index (χ1n) is 4.55. The van der Waals surface area contributed by atoms with Gasteiger partial charge in [0, 0.05) is 0 Å². The minimum atomic E-state index is -4.31. The van der Waals surface area contributed by atoms with E-state index in [1.165, 1.54) is 0 Å². The van der Waals surface area contributed by atoms with E-state index in [0.29, 0.717) is 35.4 Å². The zero-order chi connectivity index (χ0) is 11.9. The number of nitrogen functional groups attached to an aromatic ring is 1. The maximum absolute atomic E-state index is 11.2. The van der Waals surface area contributed by atoms with Crippen LogP contribution in [-0.2, 0) is 16.5 Å². The van der Waals surface area contributed by atoms with Gasteiger partial charge in [-0.05, 0) is 24.8 Å². The Morgan fingerprint density at radius 1 is 1.38 bits per heavy atom. The molecule has 88 valence electrons. The van der Waals surface area contributed by atoms with E-state index in [2.05, 4.69) is 5.16 Å². The van der Waals surface area contributed by atoms with Gasteiger partial charge in [-0.15, -0.1) is 11.3 Å². The first-order valence-corrected chi connectivity index (χ1v) is 6.80. The number of anilines is 1. The molecule has 1 aromatic rings. The first kappa shape index (κ1) is 11.4. The van der Waals surface area contributed by atoms with Crippen molar-refractivity contribution >= 4 is 32.2 Å². The van der Waals surface area contributed by atoms with Gasteiger partial charge >= 0.3 is 0 Å². The van der Waals surface area contributed by atoms with Crippen molar-refractivity contribution in [2.24, 2.45) is 5.16 Å². The molecule has 0 radical (unpaired) electrons. The number of nitrogens with zero attached hydrogens (tertiary/aromatic N) is 1. The van der Waals surface area contributed by atoms with Crippen molar-refractivity contribution in [3.63, 3.8) is 0 Å². The third-order valence-corrected chi connectivity index (χ3v) is 4.69. The van der Waals surface area contributed by atoms with Crippen molar-refractivity contribution < 1.29 is 18.2 Å². The molecule has 0 spiro atoms. The molecule has 0 saturated heterocycles. The molecule has 0 amide bonds. The molecule has 4 N–H and O–H groups in total. The normalized spacial score (nSPS) is 18.7. The SMILES string of the molecule is Nc1sc2c(c1S(=O)(=O)O)CCC/C2=N/O. The highest BCUT2D eigenvalue weighted by Gasteiger charge is 2.29.